The lowest BCUT2D eigenvalue weighted by Gasteiger charge is -2.15. The average Bonchev–Trinajstić information content (AvgIpc) is 2.40. The second kappa shape index (κ2) is 7.86. The van der Waals surface area contributed by atoms with Crippen molar-refractivity contribution in [3.05, 3.63) is 24.0 Å². The van der Waals surface area contributed by atoms with Crippen molar-refractivity contribution in [1.82, 2.24) is 10.3 Å². The van der Waals surface area contributed by atoms with Crippen molar-refractivity contribution >= 4 is 0 Å². The maximum Gasteiger partial charge on any atom is 0.137 e. The molecule has 0 spiro atoms. The third-order valence-corrected chi connectivity index (χ3v) is 2.95. The summed E-state index contributed by atoms with van der Waals surface area (Å²) in [6.45, 7) is 10.5. The fraction of sp³-hybridized carbons (Fsp3) is 0.625. The van der Waals surface area contributed by atoms with E-state index < -0.39 is 0 Å². The molecule has 1 rings (SSSR count). The van der Waals surface area contributed by atoms with E-state index in [0.29, 0.717) is 18.9 Å². The van der Waals surface area contributed by atoms with Gasteiger partial charge in [-0.3, -0.25) is 4.98 Å². The van der Waals surface area contributed by atoms with Gasteiger partial charge in [-0.05, 0) is 44.9 Å². The zero-order valence-corrected chi connectivity index (χ0v) is 12.9. The van der Waals surface area contributed by atoms with E-state index in [4.69, 9.17) is 10.00 Å². The largest absolute Gasteiger partial charge is 0.492 e. The molecule has 1 heterocycles. The molecule has 0 amide bonds. The second-order valence-corrected chi connectivity index (χ2v) is 6.10. The van der Waals surface area contributed by atoms with Crippen molar-refractivity contribution in [1.29, 1.82) is 5.26 Å². The Morgan fingerprint density at radius 1 is 1.40 bits per heavy atom. The van der Waals surface area contributed by atoms with Crippen LogP contribution in [0.4, 0.5) is 0 Å². The van der Waals surface area contributed by atoms with Crippen LogP contribution in [0.25, 0.3) is 0 Å². The SMILES string of the molecule is CC(C)CNCc1ccc(OCCC(C)(C)C#N)cn1. The van der Waals surface area contributed by atoms with Crippen LogP contribution < -0.4 is 10.1 Å². The second-order valence-electron chi connectivity index (χ2n) is 6.10. The summed E-state index contributed by atoms with van der Waals surface area (Å²) in [6.07, 6.45) is 2.45. The Bertz CT molecular complexity index is 432. The van der Waals surface area contributed by atoms with Gasteiger partial charge in [-0.15, -0.1) is 0 Å². The Kier molecular flexibility index (Phi) is 6.47. The van der Waals surface area contributed by atoms with E-state index in [9.17, 15) is 0 Å². The maximum absolute atomic E-state index is 8.92. The summed E-state index contributed by atoms with van der Waals surface area (Å²) < 4.78 is 5.61. The Balaban J connectivity index is 2.34. The number of pyridine rings is 1. The lowest BCUT2D eigenvalue weighted by molar-refractivity contribution is 0.263. The maximum atomic E-state index is 8.92. The van der Waals surface area contributed by atoms with Crippen molar-refractivity contribution < 1.29 is 4.74 Å². The van der Waals surface area contributed by atoms with Gasteiger partial charge in [0.1, 0.15) is 5.75 Å². The first kappa shape index (κ1) is 16.5. The normalized spacial score (nSPS) is 11.4. The number of hydrogen-bond acceptors (Lipinski definition) is 4. The molecule has 110 valence electrons. The van der Waals surface area contributed by atoms with Gasteiger partial charge < -0.3 is 10.1 Å². The number of nitrogens with zero attached hydrogens (tertiary/aromatic N) is 2. The molecule has 0 aliphatic carbocycles. The lowest BCUT2D eigenvalue weighted by Crippen LogP contribution is -2.19. The van der Waals surface area contributed by atoms with Crippen LogP contribution in [0.15, 0.2) is 18.3 Å². The fourth-order valence-corrected chi connectivity index (χ4v) is 1.57. The van der Waals surface area contributed by atoms with Gasteiger partial charge in [0.25, 0.3) is 0 Å². The minimum atomic E-state index is -0.339. The number of nitrogens with one attached hydrogen (secondary N) is 1. The van der Waals surface area contributed by atoms with Gasteiger partial charge in [0, 0.05) is 6.54 Å². The Labute approximate surface area is 122 Å². The summed E-state index contributed by atoms with van der Waals surface area (Å²) in [7, 11) is 0. The van der Waals surface area contributed by atoms with Gasteiger partial charge >= 0.3 is 0 Å². The molecule has 20 heavy (non-hydrogen) atoms. The van der Waals surface area contributed by atoms with Gasteiger partial charge in [0.2, 0.25) is 0 Å². The fourth-order valence-electron chi connectivity index (χ4n) is 1.57. The van der Waals surface area contributed by atoms with E-state index in [1.807, 2.05) is 26.0 Å². The van der Waals surface area contributed by atoms with Crippen LogP contribution in [0.1, 0.15) is 39.8 Å². The lowest BCUT2D eigenvalue weighted by atomic mass is 9.92. The van der Waals surface area contributed by atoms with E-state index in [1.165, 1.54) is 0 Å². The van der Waals surface area contributed by atoms with Crippen LogP contribution in [0.5, 0.6) is 5.75 Å². The van der Waals surface area contributed by atoms with E-state index in [2.05, 4.69) is 30.2 Å². The van der Waals surface area contributed by atoms with Crippen LogP contribution in [-0.2, 0) is 6.54 Å². The average molecular weight is 275 g/mol. The molecule has 0 saturated carbocycles. The molecule has 0 unspecified atom stereocenters. The number of rotatable bonds is 8. The summed E-state index contributed by atoms with van der Waals surface area (Å²) in [5.41, 5.74) is 0.670. The first-order chi connectivity index (χ1) is 9.43. The van der Waals surface area contributed by atoms with E-state index in [-0.39, 0.29) is 5.41 Å². The van der Waals surface area contributed by atoms with Crippen molar-refractivity contribution in [2.24, 2.45) is 11.3 Å². The molecule has 1 N–H and O–H groups in total. The summed E-state index contributed by atoms with van der Waals surface area (Å²) >= 11 is 0. The number of nitriles is 1. The molecule has 0 aliphatic rings. The molecule has 0 atom stereocenters. The Morgan fingerprint density at radius 3 is 2.70 bits per heavy atom. The smallest absolute Gasteiger partial charge is 0.137 e. The van der Waals surface area contributed by atoms with Crippen molar-refractivity contribution in [3.63, 3.8) is 0 Å². The van der Waals surface area contributed by atoms with Crippen molar-refractivity contribution in [3.8, 4) is 11.8 Å². The zero-order valence-electron chi connectivity index (χ0n) is 12.9. The van der Waals surface area contributed by atoms with Gasteiger partial charge in [-0.1, -0.05) is 13.8 Å². The minimum Gasteiger partial charge on any atom is -0.492 e. The summed E-state index contributed by atoms with van der Waals surface area (Å²) in [6, 6.07) is 6.16. The molecule has 1 aromatic rings. The molecular formula is C16H25N3O. The third kappa shape index (κ3) is 6.53. The summed E-state index contributed by atoms with van der Waals surface area (Å²) in [5.74, 6) is 1.40. The third-order valence-electron chi connectivity index (χ3n) is 2.95. The van der Waals surface area contributed by atoms with Crippen LogP contribution in [-0.4, -0.2) is 18.1 Å². The van der Waals surface area contributed by atoms with Crippen LogP contribution in [0.2, 0.25) is 0 Å². The number of hydrogen-bond donors (Lipinski definition) is 1. The predicted molar refractivity (Wildman–Crippen MR) is 80.3 cm³/mol. The number of aromatic nitrogens is 1. The highest BCUT2D eigenvalue weighted by atomic mass is 16.5. The quantitative estimate of drug-likeness (QED) is 0.792. The molecule has 0 saturated heterocycles. The van der Waals surface area contributed by atoms with E-state index in [0.717, 1.165) is 24.5 Å². The minimum absolute atomic E-state index is 0.339. The van der Waals surface area contributed by atoms with E-state index >= 15 is 0 Å². The van der Waals surface area contributed by atoms with Crippen LogP contribution in [0.3, 0.4) is 0 Å². The first-order valence-electron chi connectivity index (χ1n) is 7.12. The molecule has 4 nitrogen and oxygen atoms in total. The standard InChI is InChI=1S/C16H25N3O/c1-13(2)9-18-10-14-5-6-15(11-19-14)20-8-7-16(3,4)12-17/h5-6,11,13,18H,7-10H2,1-4H3. The highest BCUT2D eigenvalue weighted by Crippen LogP contribution is 2.19. The highest BCUT2D eigenvalue weighted by Gasteiger charge is 2.16. The zero-order chi connectivity index (χ0) is 15.0. The first-order valence-corrected chi connectivity index (χ1v) is 7.12. The van der Waals surface area contributed by atoms with Gasteiger partial charge in [0.15, 0.2) is 0 Å². The van der Waals surface area contributed by atoms with E-state index in [1.54, 1.807) is 6.20 Å². The van der Waals surface area contributed by atoms with Crippen LogP contribution >= 0.6 is 0 Å². The van der Waals surface area contributed by atoms with Gasteiger partial charge in [-0.25, -0.2) is 0 Å². The summed E-state index contributed by atoms with van der Waals surface area (Å²) in [5, 5.41) is 12.3. The molecule has 0 aromatic carbocycles. The van der Waals surface area contributed by atoms with Crippen molar-refractivity contribution in [2.75, 3.05) is 13.2 Å². The van der Waals surface area contributed by atoms with Gasteiger partial charge in [-0.2, -0.15) is 5.26 Å². The highest BCUT2D eigenvalue weighted by molar-refractivity contribution is 5.19. The molecule has 4 heteroatoms. The molecule has 0 radical (unpaired) electrons. The molecule has 0 aliphatic heterocycles. The topological polar surface area (TPSA) is 57.9 Å². The Morgan fingerprint density at radius 2 is 2.15 bits per heavy atom. The molecule has 0 bridgehead atoms. The molecule has 0 fully saturated rings. The van der Waals surface area contributed by atoms with Crippen LogP contribution in [0, 0.1) is 22.7 Å². The molecule has 1 aromatic heterocycles. The molecular weight excluding hydrogens is 250 g/mol. The monoisotopic (exact) mass is 275 g/mol. The Hall–Kier alpha value is -1.60. The van der Waals surface area contributed by atoms with Gasteiger partial charge in [0.05, 0.1) is 30.0 Å². The summed E-state index contributed by atoms with van der Waals surface area (Å²) in [4.78, 5) is 4.36. The number of ether oxygens (including phenoxy) is 1. The van der Waals surface area contributed by atoms with Crippen molar-refractivity contribution in [2.45, 2.75) is 40.7 Å². The predicted octanol–water partition coefficient (Wildman–Crippen LogP) is 3.15.